The predicted octanol–water partition coefficient (Wildman–Crippen LogP) is 5.03. The van der Waals surface area contributed by atoms with Gasteiger partial charge in [0, 0.05) is 6.20 Å². The Kier molecular flexibility index (Phi) is 6.05. The van der Waals surface area contributed by atoms with E-state index in [2.05, 4.69) is 27.8 Å². The van der Waals surface area contributed by atoms with Crippen LogP contribution in [0.2, 0.25) is 0 Å². The zero-order chi connectivity index (χ0) is 19.1. The summed E-state index contributed by atoms with van der Waals surface area (Å²) in [6.07, 6.45) is 3.27. The molecule has 0 aliphatic heterocycles. The molecule has 0 saturated carbocycles. The van der Waals surface area contributed by atoms with Crippen LogP contribution in [-0.2, 0) is 0 Å². The van der Waals surface area contributed by atoms with Gasteiger partial charge < -0.3 is 15.4 Å². The summed E-state index contributed by atoms with van der Waals surface area (Å²) in [5.74, 6) is 0.871. The van der Waals surface area contributed by atoms with E-state index >= 15 is 0 Å². The third kappa shape index (κ3) is 5.07. The highest BCUT2D eigenvalue weighted by Gasteiger charge is 2.10. The number of benzene rings is 2. The minimum absolute atomic E-state index is 0.115. The smallest absolute Gasteiger partial charge is 0.319 e. The molecule has 0 bridgehead atoms. The lowest BCUT2D eigenvalue weighted by Crippen LogP contribution is -2.31. The molecule has 2 N–H and O–H groups in total. The summed E-state index contributed by atoms with van der Waals surface area (Å²) in [4.78, 5) is 16.1. The molecule has 138 valence electrons. The number of rotatable bonds is 6. The summed E-state index contributed by atoms with van der Waals surface area (Å²) in [7, 11) is 0. The maximum absolute atomic E-state index is 12.1. The van der Waals surface area contributed by atoms with Gasteiger partial charge in [-0.25, -0.2) is 4.79 Å². The molecule has 2 aromatic carbocycles. The fourth-order valence-corrected chi connectivity index (χ4v) is 2.76. The SMILES string of the molecule is CCOc1ccc(-c2ccc(C(C)NC(=O)Nc3cccnc3)cc2)cc1. The molecule has 0 saturated heterocycles. The Balaban J connectivity index is 1.61. The summed E-state index contributed by atoms with van der Waals surface area (Å²) in [5.41, 5.74) is 3.94. The number of hydrogen-bond donors (Lipinski definition) is 2. The van der Waals surface area contributed by atoms with Crippen LogP contribution in [-0.4, -0.2) is 17.6 Å². The molecule has 5 heteroatoms. The van der Waals surface area contributed by atoms with Crippen molar-refractivity contribution in [3.63, 3.8) is 0 Å². The van der Waals surface area contributed by atoms with Crippen molar-refractivity contribution in [1.29, 1.82) is 0 Å². The number of urea groups is 1. The van der Waals surface area contributed by atoms with Crippen LogP contribution in [0.25, 0.3) is 11.1 Å². The second-order valence-electron chi connectivity index (χ2n) is 6.14. The van der Waals surface area contributed by atoms with Gasteiger partial charge in [-0.15, -0.1) is 0 Å². The van der Waals surface area contributed by atoms with Gasteiger partial charge in [-0.1, -0.05) is 36.4 Å². The van der Waals surface area contributed by atoms with E-state index in [1.807, 2.05) is 50.2 Å². The maximum atomic E-state index is 12.1. The summed E-state index contributed by atoms with van der Waals surface area (Å²) in [6.45, 7) is 4.58. The van der Waals surface area contributed by atoms with Crippen molar-refractivity contribution in [2.24, 2.45) is 0 Å². The number of nitrogens with one attached hydrogen (secondary N) is 2. The van der Waals surface area contributed by atoms with E-state index in [9.17, 15) is 4.79 Å². The molecule has 0 aliphatic carbocycles. The van der Waals surface area contributed by atoms with Crippen LogP contribution in [0.4, 0.5) is 10.5 Å². The van der Waals surface area contributed by atoms with Crippen molar-refractivity contribution in [3.05, 3.63) is 78.6 Å². The van der Waals surface area contributed by atoms with E-state index < -0.39 is 0 Å². The lowest BCUT2D eigenvalue weighted by molar-refractivity contribution is 0.249. The number of carbonyl (C=O) groups is 1. The Labute approximate surface area is 159 Å². The molecule has 1 heterocycles. The third-order valence-electron chi connectivity index (χ3n) is 4.18. The highest BCUT2D eigenvalue weighted by Crippen LogP contribution is 2.24. The fraction of sp³-hybridized carbons (Fsp3) is 0.182. The molecule has 2 amide bonds. The predicted molar refractivity (Wildman–Crippen MR) is 108 cm³/mol. The molecule has 27 heavy (non-hydrogen) atoms. The number of nitrogens with zero attached hydrogens (tertiary/aromatic N) is 1. The fourth-order valence-electron chi connectivity index (χ4n) is 2.76. The van der Waals surface area contributed by atoms with Crippen molar-refractivity contribution in [1.82, 2.24) is 10.3 Å². The van der Waals surface area contributed by atoms with Gasteiger partial charge in [0.15, 0.2) is 0 Å². The van der Waals surface area contributed by atoms with E-state index in [-0.39, 0.29) is 12.1 Å². The summed E-state index contributed by atoms with van der Waals surface area (Å²) in [6, 6.07) is 19.4. The van der Waals surface area contributed by atoms with Crippen LogP contribution in [0.15, 0.2) is 73.1 Å². The van der Waals surface area contributed by atoms with Crippen LogP contribution in [0, 0.1) is 0 Å². The lowest BCUT2D eigenvalue weighted by atomic mass is 10.0. The number of ether oxygens (including phenoxy) is 1. The van der Waals surface area contributed by atoms with E-state index in [1.54, 1.807) is 24.5 Å². The first-order chi connectivity index (χ1) is 13.2. The molecule has 1 atom stereocenters. The van der Waals surface area contributed by atoms with Gasteiger partial charge in [0.1, 0.15) is 5.75 Å². The van der Waals surface area contributed by atoms with E-state index in [0.29, 0.717) is 12.3 Å². The van der Waals surface area contributed by atoms with E-state index in [0.717, 1.165) is 22.4 Å². The van der Waals surface area contributed by atoms with E-state index in [1.165, 1.54) is 0 Å². The van der Waals surface area contributed by atoms with E-state index in [4.69, 9.17) is 4.74 Å². The second-order valence-corrected chi connectivity index (χ2v) is 6.14. The Bertz CT molecular complexity index is 862. The van der Waals surface area contributed by atoms with Crippen molar-refractivity contribution >= 4 is 11.7 Å². The van der Waals surface area contributed by atoms with Crippen LogP contribution >= 0.6 is 0 Å². The van der Waals surface area contributed by atoms with Crippen LogP contribution < -0.4 is 15.4 Å². The largest absolute Gasteiger partial charge is 0.494 e. The van der Waals surface area contributed by atoms with Gasteiger partial charge in [-0.2, -0.15) is 0 Å². The third-order valence-corrected chi connectivity index (χ3v) is 4.18. The van der Waals surface area contributed by atoms with Crippen molar-refractivity contribution in [2.45, 2.75) is 19.9 Å². The highest BCUT2D eigenvalue weighted by molar-refractivity contribution is 5.89. The van der Waals surface area contributed by atoms with Gasteiger partial charge in [0.05, 0.1) is 24.5 Å². The summed E-state index contributed by atoms with van der Waals surface area (Å²) >= 11 is 0. The second kappa shape index (κ2) is 8.85. The van der Waals surface area contributed by atoms with Crippen LogP contribution in [0.3, 0.4) is 0 Å². The van der Waals surface area contributed by atoms with Crippen molar-refractivity contribution < 1.29 is 9.53 Å². The monoisotopic (exact) mass is 361 g/mol. The average molecular weight is 361 g/mol. The molecule has 0 spiro atoms. The standard InChI is InChI=1S/C22H23N3O2/c1-3-27-21-12-10-19(11-13-21)18-8-6-17(7-9-18)16(2)24-22(26)25-20-5-4-14-23-15-20/h4-16H,3H2,1-2H3,(H2,24,25,26). The molecule has 0 radical (unpaired) electrons. The summed E-state index contributed by atoms with van der Waals surface area (Å²) < 4.78 is 5.48. The van der Waals surface area contributed by atoms with Crippen LogP contribution in [0.5, 0.6) is 5.75 Å². The van der Waals surface area contributed by atoms with Gasteiger partial charge in [0.2, 0.25) is 0 Å². The van der Waals surface area contributed by atoms with Gasteiger partial charge >= 0.3 is 6.03 Å². The number of anilines is 1. The normalized spacial score (nSPS) is 11.5. The number of amides is 2. The molecular formula is C22H23N3O2. The minimum atomic E-state index is -0.258. The Morgan fingerprint density at radius 2 is 1.70 bits per heavy atom. The lowest BCUT2D eigenvalue weighted by Gasteiger charge is -2.15. The molecule has 1 unspecified atom stereocenters. The first kappa shape index (κ1) is 18.5. The maximum Gasteiger partial charge on any atom is 0.319 e. The van der Waals surface area contributed by atoms with Crippen molar-refractivity contribution in [3.8, 4) is 16.9 Å². The highest BCUT2D eigenvalue weighted by atomic mass is 16.5. The number of carbonyl (C=O) groups excluding carboxylic acids is 1. The molecule has 1 aromatic heterocycles. The molecule has 5 nitrogen and oxygen atoms in total. The Morgan fingerprint density at radius 1 is 1.04 bits per heavy atom. The number of hydrogen-bond acceptors (Lipinski definition) is 3. The van der Waals surface area contributed by atoms with Crippen LogP contribution in [0.1, 0.15) is 25.5 Å². The number of pyridine rings is 1. The molecule has 0 fully saturated rings. The van der Waals surface area contributed by atoms with Gasteiger partial charge in [-0.05, 0) is 54.8 Å². The Morgan fingerprint density at radius 3 is 2.30 bits per heavy atom. The quantitative estimate of drug-likeness (QED) is 0.647. The molecule has 0 aliphatic rings. The molecule has 3 rings (SSSR count). The zero-order valence-electron chi connectivity index (χ0n) is 15.5. The Hall–Kier alpha value is -3.34. The van der Waals surface area contributed by atoms with Crippen molar-refractivity contribution in [2.75, 3.05) is 11.9 Å². The first-order valence-corrected chi connectivity index (χ1v) is 8.96. The minimum Gasteiger partial charge on any atom is -0.494 e. The first-order valence-electron chi connectivity index (χ1n) is 8.96. The van der Waals surface area contributed by atoms with Gasteiger partial charge in [-0.3, -0.25) is 4.98 Å². The number of aromatic nitrogens is 1. The zero-order valence-corrected chi connectivity index (χ0v) is 15.5. The average Bonchev–Trinajstić information content (AvgIpc) is 2.69. The molecular weight excluding hydrogens is 338 g/mol. The molecule has 3 aromatic rings. The topological polar surface area (TPSA) is 63.2 Å². The summed E-state index contributed by atoms with van der Waals surface area (Å²) in [5, 5.41) is 5.70. The van der Waals surface area contributed by atoms with Gasteiger partial charge in [0.25, 0.3) is 0 Å².